The van der Waals surface area contributed by atoms with Crippen molar-refractivity contribution in [3.8, 4) is 17.2 Å². The third-order valence-corrected chi connectivity index (χ3v) is 5.33. The molecular formula is C24H21NO7. The van der Waals surface area contributed by atoms with Crippen molar-refractivity contribution in [2.45, 2.75) is 12.6 Å². The second kappa shape index (κ2) is 8.50. The number of carbonyl (C=O) groups is 2. The van der Waals surface area contributed by atoms with E-state index in [1.165, 1.54) is 37.5 Å². The lowest BCUT2D eigenvalue weighted by atomic mass is 9.95. The molecule has 164 valence electrons. The lowest BCUT2D eigenvalue weighted by Gasteiger charge is -2.25. The zero-order chi connectivity index (χ0) is 22.8. The molecule has 0 saturated carbocycles. The van der Waals surface area contributed by atoms with E-state index in [9.17, 15) is 19.8 Å². The van der Waals surface area contributed by atoms with Gasteiger partial charge in [0.1, 0.15) is 17.3 Å². The molecule has 1 saturated heterocycles. The molecule has 0 bridgehead atoms. The molecule has 2 heterocycles. The van der Waals surface area contributed by atoms with Gasteiger partial charge in [0.15, 0.2) is 11.5 Å². The van der Waals surface area contributed by atoms with Gasteiger partial charge in [-0.25, -0.2) is 0 Å². The highest BCUT2D eigenvalue weighted by molar-refractivity contribution is 6.46. The Labute approximate surface area is 183 Å². The molecule has 4 rings (SSSR count). The number of aliphatic hydroxyl groups excluding tert-OH is 1. The number of ketones is 1. The van der Waals surface area contributed by atoms with Gasteiger partial charge in [0.05, 0.1) is 38.6 Å². The van der Waals surface area contributed by atoms with E-state index in [4.69, 9.17) is 13.9 Å². The van der Waals surface area contributed by atoms with Crippen molar-refractivity contribution < 1.29 is 33.7 Å². The van der Waals surface area contributed by atoms with Crippen LogP contribution in [0.5, 0.6) is 17.2 Å². The van der Waals surface area contributed by atoms with Crippen LogP contribution in [-0.2, 0) is 16.1 Å². The van der Waals surface area contributed by atoms with Crippen LogP contribution in [0.3, 0.4) is 0 Å². The number of furan rings is 1. The summed E-state index contributed by atoms with van der Waals surface area (Å²) in [7, 11) is 2.92. The number of hydrogen-bond donors (Lipinski definition) is 2. The summed E-state index contributed by atoms with van der Waals surface area (Å²) < 4.78 is 15.7. The largest absolute Gasteiger partial charge is 0.507 e. The fourth-order valence-corrected chi connectivity index (χ4v) is 3.73. The molecule has 1 aromatic heterocycles. The highest BCUT2D eigenvalue weighted by Gasteiger charge is 2.46. The van der Waals surface area contributed by atoms with E-state index in [-0.39, 0.29) is 29.4 Å². The Bertz CT molecular complexity index is 1180. The van der Waals surface area contributed by atoms with Gasteiger partial charge in [-0.05, 0) is 54.1 Å². The third kappa shape index (κ3) is 3.66. The van der Waals surface area contributed by atoms with E-state index in [0.717, 1.165) is 0 Å². The number of benzene rings is 2. The summed E-state index contributed by atoms with van der Waals surface area (Å²) in [5.74, 6) is -0.753. The van der Waals surface area contributed by atoms with Crippen molar-refractivity contribution in [1.29, 1.82) is 0 Å². The molecule has 2 N–H and O–H groups in total. The number of hydrogen-bond acceptors (Lipinski definition) is 7. The maximum atomic E-state index is 13.0. The highest BCUT2D eigenvalue weighted by atomic mass is 16.5. The van der Waals surface area contributed by atoms with Gasteiger partial charge in [0.25, 0.3) is 11.7 Å². The normalized spacial score (nSPS) is 17.6. The number of likely N-dealkylation sites (tertiary alicyclic amines) is 1. The number of Topliss-reactive ketones (excluding diaryl/α,β-unsaturated/α-hetero) is 1. The van der Waals surface area contributed by atoms with Crippen molar-refractivity contribution >= 4 is 17.4 Å². The van der Waals surface area contributed by atoms with Gasteiger partial charge in [0.2, 0.25) is 0 Å². The van der Waals surface area contributed by atoms with Crippen LogP contribution in [0.4, 0.5) is 0 Å². The predicted molar refractivity (Wildman–Crippen MR) is 114 cm³/mol. The van der Waals surface area contributed by atoms with Gasteiger partial charge in [-0.15, -0.1) is 0 Å². The van der Waals surface area contributed by atoms with Crippen molar-refractivity contribution in [1.82, 2.24) is 4.90 Å². The molecule has 1 amide bonds. The molecule has 8 nitrogen and oxygen atoms in total. The summed E-state index contributed by atoms with van der Waals surface area (Å²) in [6.07, 6.45) is 1.47. The molecule has 0 aliphatic carbocycles. The molecule has 0 spiro atoms. The number of rotatable bonds is 6. The fraction of sp³-hybridized carbons (Fsp3) is 0.167. The minimum Gasteiger partial charge on any atom is -0.507 e. The number of phenolic OH excluding ortho intramolecular Hbond substituents is 1. The summed E-state index contributed by atoms with van der Waals surface area (Å²) in [4.78, 5) is 27.3. The SMILES string of the molecule is COc1ccc(/C(O)=C2\C(=O)C(=O)N(Cc3ccco3)[C@H]2c2ccc(O)c(OC)c2)cc1. The number of nitrogens with zero attached hydrogens (tertiary/aromatic N) is 1. The van der Waals surface area contributed by atoms with Gasteiger partial charge < -0.3 is 29.0 Å². The van der Waals surface area contributed by atoms with Gasteiger partial charge in [0, 0.05) is 5.56 Å². The Morgan fingerprint density at radius 3 is 2.44 bits per heavy atom. The first-order valence-corrected chi connectivity index (χ1v) is 9.76. The molecule has 3 aromatic rings. The smallest absolute Gasteiger partial charge is 0.296 e. The maximum absolute atomic E-state index is 13.0. The molecule has 1 fully saturated rings. The maximum Gasteiger partial charge on any atom is 0.296 e. The van der Waals surface area contributed by atoms with Crippen molar-refractivity contribution in [3.63, 3.8) is 0 Å². The molecule has 1 aliphatic heterocycles. The van der Waals surface area contributed by atoms with E-state index in [1.807, 2.05) is 0 Å². The second-order valence-electron chi connectivity index (χ2n) is 7.17. The minimum absolute atomic E-state index is 0.0187. The van der Waals surface area contributed by atoms with Crippen molar-refractivity contribution in [2.24, 2.45) is 0 Å². The molecule has 1 aliphatic rings. The van der Waals surface area contributed by atoms with E-state index in [0.29, 0.717) is 22.6 Å². The number of aromatic hydroxyl groups is 1. The van der Waals surface area contributed by atoms with E-state index >= 15 is 0 Å². The number of phenols is 1. The summed E-state index contributed by atoms with van der Waals surface area (Å²) in [6.45, 7) is 0.0187. The highest BCUT2D eigenvalue weighted by Crippen LogP contribution is 2.42. The molecule has 0 unspecified atom stereocenters. The van der Waals surface area contributed by atoms with Gasteiger partial charge in [-0.3, -0.25) is 9.59 Å². The molecular weight excluding hydrogens is 414 g/mol. The summed E-state index contributed by atoms with van der Waals surface area (Å²) in [5.41, 5.74) is 0.775. The number of carbonyl (C=O) groups excluding carboxylic acids is 2. The first-order valence-electron chi connectivity index (χ1n) is 9.76. The van der Waals surface area contributed by atoms with Gasteiger partial charge >= 0.3 is 0 Å². The Morgan fingerprint density at radius 2 is 1.81 bits per heavy atom. The predicted octanol–water partition coefficient (Wildman–Crippen LogP) is 3.62. The summed E-state index contributed by atoms with van der Waals surface area (Å²) >= 11 is 0. The lowest BCUT2D eigenvalue weighted by molar-refractivity contribution is -0.140. The molecule has 0 radical (unpaired) electrons. The second-order valence-corrected chi connectivity index (χ2v) is 7.17. The van der Waals surface area contributed by atoms with Crippen LogP contribution in [0.2, 0.25) is 0 Å². The molecule has 32 heavy (non-hydrogen) atoms. The van der Waals surface area contributed by atoms with Crippen molar-refractivity contribution in [2.75, 3.05) is 14.2 Å². The summed E-state index contributed by atoms with van der Waals surface area (Å²) in [6, 6.07) is 13.5. The topological polar surface area (TPSA) is 109 Å². The van der Waals surface area contributed by atoms with E-state index < -0.39 is 17.7 Å². The van der Waals surface area contributed by atoms with Crippen molar-refractivity contribution in [3.05, 3.63) is 83.3 Å². The first kappa shape index (κ1) is 21.0. The van der Waals surface area contributed by atoms with Crippen LogP contribution in [0.25, 0.3) is 5.76 Å². The van der Waals surface area contributed by atoms with Crippen LogP contribution < -0.4 is 9.47 Å². The average Bonchev–Trinajstić information content (AvgIpc) is 3.41. The first-order chi connectivity index (χ1) is 15.4. The molecule has 8 heteroatoms. The van der Waals surface area contributed by atoms with E-state index in [2.05, 4.69) is 0 Å². The number of methoxy groups -OCH3 is 2. The Balaban J connectivity index is 1.87. The Morgan fingerprint density at radius 1 is 1.06 bits per heavy atom. The average molecular weight is 435 g/mol. The molecule has 2 aromatic carbocycles. The number of amides is 1. The standard InChI is InChI=1S/C24H21NO7/c1-30-16-8-5-14(6-9-16)22(27)20-21(15-7-10-18(26)19(12-15)31-2)25(24(29)23(20)28)13-17-4-3-11-32-17/h3-12,21,26-27H,13H2,1-2H3/b22-20+/t21-/m0/s1. The minimum atomic E-state index is -0.920. The number of aliphatic hydroxyl groups is 1. The van der Waals surface area contributed by atoms with E-state index in [1.54, 1.807) is 42.5 Å². The van der Waals surface area contributed by atoms with Crippen LogP contribution in [0.15, 0.2) is 70.9 Å². The fourth-order valence-electron chi connectivity index (χ4n) is 3.73. The van der Waals surface area contributed by atoms with Crippen LogP contribution in [0, 0.1) is 0 Å². The Kier molecular flexibility index (Phi) is 5.59. The van der Waals surface area contributed by atoms with Crippen LogP contribution in [0.1, 0.15) is 22.9 Å². The third-order valence-electron chi connectivity index (χ3n) is 5.33. The van der Waals surface area contributed by atoms with Crippen LogP contribution in [-0.4, -0.2) is 41.0 Å². The lowest BCUT2D eigenvalue weighted by Crippen LogP contribution is -2.29. The quantitative estimate of drug-likeness (QED) is 0.346. The zero-order valence-corrected chi connectivity index (χ0v) is 17.4. The van der Waals surface area contributed by atoms with Gasteiger partial charge in [-0.2, -0.15) is 0 Å². The number of ether oxygens (including phenoxy) is 2. The van der Waals surface area contributed by atoms with Crippen LogP contribution >= 0.6 is 0 Å². The van der Waals surface area contributed by atoms with Gasteiger partial charge in [-0.1, -0.05) is 6.07 Å². The molecule has 1 atom stereocenters. The zero-order valence-electron chi connectivity index (χ0n) is 17.4. The Hall–Kier alpha value is -4.20. The summed E-state index contributed by atoms with van der Waals surface area (Å²) in [5, 5.41) is 21.1. The monoisotopic (exact) mass is 435 g/mol.